The Kier molecular flexibility index (Phi) is 5.43. The van der Waals surface area contributed by atoms with Gasteiger partial charge in [-0.05, 0) is 55.0 Å². The molecule has 0 radical (unpaired) electrons. The van der Waals surface area contributed by atoms with Gasteiger partial charge in [-0.3, -0.25) is 14.5 Å². The molecule has 1 aliphatic heterocycles. The molecule has 0 aromatic heterocycles. The third-order valence-electron chi connectivity index (χ3n) is 5.95. The van der Waals surface area contributed by atoms with Crippen LogP contribution in [-0.4, -0.2) is 38.4 Å². The van der Waals surface area contributed by atoms with Crippen molar-refractivity contribution >= 4 is 23.7 Å². The molecule has 0 N–H and O–H groups in total. The Morgan fingerprint density at radius 2 is 1.52 bits per heavy atom. The molecule has 0 atom stereocenters. The predicted molar refractivity (Wildman–Crippen MR) is 114 cm³/mol. The van der Waals surface area contributed by atoms with Crippen molar-refractivity contribution in [2.75, 3.05) is 25.2 Å². The number of rotatable bonds is 4. The highest BCUT2D eigenvalue weighted by Crippen LogP contribution is 2.45. The van der Waals surface area contributed by atoms with Crippen LogP contribution in [-0.2, 0) is 43.2 Å². The monoisotopic (exact) mass is 423 g/mol. The first-order valence-corrected chi connectivity index (χ1v) is 10.4. The SMILES string of the molecule is CCOC(=O)C1(C(=O)OCC)Cc2cc3c(cc2C1)-c1ccccc1N(C(=O)OC)C3. The summed E-state index contributed by atoms with van der Waals surface area (Å²) in [5.41, 5.74) is 4.03. The van der Waals surface area contributed by atoms with Gasteiger partial charge in [0.1, 0.15) is 0 Å². The number of para-hydroxylation sites is 1. The minimum Gasteiger partial charge on any atom is -0.465 e. The molecule has 0 saturated heterocycles. The van der Waals surface area contributed by atoms with E-state index in [1.165, 1.54) is 7.11 Å². The summed E-state index contributed by atoms with van der Waals surface area (Å²) in [6.45, 7) is 4.16. The van der Waals surface area contributed by atoms with Gasteiger partial charge in [-0.25, -0.2) is 4.79 Å². The van der Waals surface area contributed by atoms with Gasteiger partial charge in [0, 0.05) is 5.56 Å². The van der Waals surface area contributed by atoms with Crippen molar-refractivity contribution in [2.24, 2.45) is 5.41 Å². The number of nitrogens with zero attached hydrogens (tertiary/aromatic N) is 1. The zero-order valence-electron chi connectivity index (χ0n) is 17.9. The molecule has 2 aromatic carbocycles. The summed E-state index contributed by atoms with van der Waals surface area (Å²) in [6.07, 6.45) is 0.00884. The molecule has 1 amide bonds. The first-order chi connectivity index (χ1) is 14.9. The summed E-state index contributed by atoms with van der Waals surface area (Å²) in [4.78, 5) is 39.7. The highest BCUT2D eigenvalue weighted by atomic mass is 16.6. The number of methoxy groups -OCH3 is 1. The van der Waals surface area contributed by atoms with Gasteiger partial charge < -0.3 is 14.2 Å². The van der Waals surface area contributed by atoms with Gasteiger partial charge in [-0.2, -0.15) is 0 Å². The van der Waals surface area contributed by atoms with E-state index < -0.39 is 23.4 Å². The van der Waals surface area contributed by atoms with Crippen LogP contribution in [0.4, 0.5) is 10.5 Å². The van der Waals surface area contributed by atoms with Gasteiger partial charge in [0.15, 0.2) is 5.41 Å². The van der Waals surface area contributed by atoms with Crippen LogP contribution in [0.25, 0.3) is 11.1 Å². The molecule has 0 spiro atoms. The topological polar surface area (TPSA) is 82.1 Å². The van der Waals surface area contributed by atoms with Crippen molar-refractivity contribution in [1.29, 1.82) is 0 Å². The Bertz CT molecular complexity index is 1040. The van der Waals surface area contributed by atoms with E-state index in [1.807, 2.05) is 36.4 Å². The van der Waals surface area contributed by atoms with Gasteiger partial charge >= 0.3 is 18.0 Å². The van der Waals surface area contributed by atoms with Crippen molar-refractivity contribution in [1.82, 2.24) is 0 Å². The fourth-order valence-electron chi connectivity index (χ4n) is 4.54. The van der Waals surface area contributed by atoms with Crippen LogP contribution < -0.4 is 4.90 Å². The number of carbonyl (C=O) groups excluding carboxylic acids is 3. The van der Waals surface area contributed by atoms with Crippen molar-refractivity contribution in [2.45, 2.75) is 33.2 Å². The van der Waals surface area contributed by atoms with E-state index in [2.05, 4.69) is 0 Å². The van der Waals surface area contributed by atoms with Gasteiger partial charge in [0.25, 0.3) is 0 Å². The van der Waals surface area contributed by atoms with Crippen LogP contribution in [0.2, 0.25) is 0 Å². The molecule has 1 aliphatic carbocycles. The van der Waals surface area contributed by atoms with Gasteiger partial charge in [0.2, 0.25) is 0 Å². The summed E-state index contributed by atoms with van der Waals surface area (Å²) in [5.74, 6) is -1.11. The molecule has 162 valence electrons. The Morgan fingerprint density at radius 3 is 2.13 bits per heavy atom. The molecule has 2 aliphatic rings. The lowest BCUT2D eigenvalue weighted by Gasteiger charge is -2.30. The quantitative estimate of drug-likeness (QED) is 0.424. The van der Waals surface area contributed by atoms with E-state index in [4.69, 9.17) is 14.2 Å². The number of anilines is 1. The average molecular weight is 423 g/mol. The first-order valence-electron chi connectivity index (χ1n) is 10.4. The summed E-state index contributed by atoms with van der Waals surface area (Å²) in [5, 5.41) is 0. The molecule has 2 aromatic rings. The number of carbonyl (C=O) groups is 3. The van der Waals surface area contributed by atoms with Crippen LogP contribution in [0, 0.1) is 5.41 Å². The first kappa shape index (κ1) is 20.9. The van der Waals surface area contributed by atoms with Crippen LogP contribution in [0.1, 0.15) is 30.5 Å². The van der Waals surface area contributed by atoms with Gasteiger partial charge in [-0.15, -0.1) is 0 Å². The van der Waals surface area contributed by atoms with E-state index in [-0.39, 0.29) is 26.1 Å². The average Bonchev–Trinajstić information content (AvgIpc) is 3.17. The molecule has 1 heterocycles. The van der Waals surface area contributed by atoms with E-state index in [0.717, 1.165) is 33.5 Å². The fraction of sp³-hybridized carbons (Fsp3) is 0.375. The Balaban J connectivity index is 1.79. The standard InChI is InChI=1S/C24H25NO6/c1-4-30-21(26)24(22(27)31-5-2)12-15-10-17-14-25(23(28)29-3)20-9-7-6-8-18(20)19(17)11-16(15)13-24/h6-11H,4-5,12-14H2,1-3H3. The summed E-state index contributed by atoms with van der Waals surface area (Å²) in [7, 11) is 1.36. The smallest absolute Gasteiger partial charge is 0.414 e. The molecule has 31 heavy (non-hydrogen) atoms. The molecule has 0 fully saturated rings. The molecular weight excluding hydrogens is 398 g/mol. The maximum atomic E-state index is 12.9. The largest absolute Gasteiger partial charge is 0.465 e. The van der Waals surface area contributed by atoms with Gasteiger partial charge in [-0.1, -0.05) is 30.3 Å². The molecule has 7 nitrogen and oxygen atoms in total. The fourth-order valence-corrected chi connectivity index (χ4v) is 4.54. The number of ether oxygens (including phenoxy) is 3. The number of benzene rings is 2. The van der Waals surface area contributed by atoms with Crippen LogP contribution in [0.3, 0.4) is 0 Å². The van der Waals surface area contributed by atoms with E-state index in [1.54, 1.807) is 18.7 Å². The summed E-state index contributed by atoms with van der Waals surface area (Å²) < 4.78 is 15.5. The second kappa shape index (κ2) is 8.06. The molecule has 7 heteroatoms. The predicted octanol–water partition coefficient (Wildman–Crippen LogP) is 3.65. The number of amides is 1. The Hall–Kier alpha value is -3.35. The highest BCUT2D eigenvalue weighted by Gasteiger charge is 2.53. The van der Waals surface area contributed by atoms with Crippen LogP contribution in [0.5, 0.6) is 0 Å². The van der Waals surface area contributed by atoms with Crippen molar-refractivity contribution in [3.63, 3.8) is 0 Å². The lowest BCUT2D eigenvalue weighted by Crippen LogP contribution is -2.43. The minimum atomic E-state index is -1.38. The third kappa shape index (κ3) is 3.34. The Morgan fingerprint density at radius 1 is 0.903 bits per heavy atom. The molecule has 0 saturated carbocycles. The number of hydrogen-bond donors (Lipinski definition) is 0. The lowest BCUT2D eigenvalue weighted by atomic mass is 9.84. The molecule has 0 bridgehead atoms. The van der Waals surface area contributed by atoms with Crippen molar-refractivity contribution < 1.29 is 28.6 Å². The zero-order chi connectivity index (χ0) is 22.2. The zero-order valence-corrected chi connectivity index (χ0v) is 17.9. The summed E-state index contributed by atoms with van der Waals surface area (Å²) >= 11 is 0. The van der Waals surface area contributed by atoms with E-state index in [9.17, 15) is 14.4 Å². The second-order valence-electron chi connectivity index (χ2n) is 7.73. The number of hydrogen-bond acceptors (Lipinski definition) is 6. The van der Waals surface area contributed by atoms with Crippen LogP contribution >= 0.6 is 0 Å². The van der Waals surface area contributed by atoms with E-state index >= 15 is 0 Å². The molecular formula is C24H25NO6. The minimum absolute atomic E-state index is 0.189. The lowest BCUT2D eigenvalue weighted by molar-refractivity contribution is -0.171. The molecule has 0 unspecified atom stereocenters. The van der Waals surface area contributed by atoms with Gasteiger partial charge in [0.05, 0.1) is 32.6 Å². The van der Waals surface area contributed by atoms with Crippen LogP contribution in [0.15, 0.2) is 36.4 Å². The normalized spacial score (nSPS) is 15.4. The highest BCUT2D eigenvalue weighted by molar-refractivity contribution is 6.02. The number of fused-ring (bicyclic) bond motifs is 4. The maximum absolute atomic E-state index is 12.9. The summed E-state index contributed by atoms with van der Waals surface area (Å²) in [6, 6.07) is 11.6. The maximum Gasteiger partial charge on any atom is 0.414 e. The van der Waals surface area contributed by atoms with E-state index in [0.29, 0.717) is 6.54 Å². The van der Waals surface area contributed by atoms with Crippen molar-refractivity contribution in [3.05, 3.63) is 53.1 Å². The Labute approximate surface area is 180 Å². The number of esters is 2. The third-order valence-corrected chi connectivity index (χ3v) is 5.95. The second-order valence-corrected chi connectivity index (χ2v) is 7.73. The molecule has 4 rings (SSSR count). The van der Waals surface area contributed by atoms with Crippen molar-refractivity contribution in [3.8, 4) is 11.1 Å².